The SMILES string of the molecule is CC(O)c1ccc(COC2CCC(c3ccc(-c4ccc(C5CO5)c(F)c4F)cc3F)CC2)c(F)c1F. The zero-order chi connectivity index (χ0) is 26.3. The molecule has 3 nitrogen and oxygen atoms in total. The van der Waals surface area contributed by atoms with Gasteiger partial charge in [0.25, 0.3) is 0 Å². The van der Waals surface area contributed by atoms with E-state index in [1.807, 2.05) is 0 Å². The highest BCUT2D eigenvalue weighted by Crippen LogP contribution is 2.39. The maximum absolute atomic E-state index is 15.0. The van der Waals surface area contributed by atoms with Gasteiger partial charge >= 0.3 is 0 Å². The van der Waals surface area contributed by atoms with E-state index in [1.54, 1.807) is 12.1 Å². The van der Waals surface area contributed by atoms with Crippen molar-refractivity contribution in [3.05, 3.63) is 93.8 Å². The van der Waals surface area contributed by atoms with E-state index in [0.29, 0.717) is 37.9 Å². The van der Waals surface area contributed by atoms with Crippen LogP contribution in [0.2, 0.25) is 0 Å². The second-order valence-corrected chi connectivity index (χ2v) is 9.79. The molecule has 1 heterocycles. The number of benzene rings is 3. The molecule has 0 radical (unpaired) electrons. The van der Waals surface area contributed by atoms with Crippen molar-refractivity contribution in [1.29, 1.82) is 0 Å². The fraction of sp³-hybridized carbons (Fsp3) is 0.379. The Hall–Kier alpha value is -2.81. The molecule has 8 heteroatoms. The van der Waals surface area contributed by atoms with Gasteiger partial charge in [0.1, 0.15) is 11.9 Å². The molecule has 1 aliphatic carbocycles. The van der Waals surface area contributed by atoms with Gasteiger partial charge < -0.3 is 14.6 Å². The number of halogens is 5. The van der Waals surface area contributed by atoms with Crippen molar-refractivity contribution in [3.63, 3.8) is 0 Å². The zero-order valence-electron chi connectivity index (χ0n) is 20.2. The van der Waals surface area contributed by atoms with Crippen LogP contribution in [-0.4, -0.2) is 17.8 Å². The lowest BCUT2D eigenvalue weighted by Crippen LogP contribution is -2.21. The lowest BCUT2D eigenvalue weighted by Gasteiger charge is -2.29. The minimum absolute atomic E-state index is 0.00499. The second kappa shape index (κ2) is 10.5. The summed E-state index contributed by atoms with van der Waals surface area (Å²) in [4.78, 5) is 0. The molecule has 0 bridgehead atoms. The van der Waals surface area contributed by atoms with Crippen LogP contribution in [0.3, 0.4) is 0 Å². The summed E-state index contributed by atoms with van der Waals surface area (Å²) < 4.78 is 83.3. The van der Waals surface area contributed by atoms with Crippen LogP contribution < -0.4 is 0 Å². The Balaban J connectivity index is 1.21. The summed E-state index contributed by atoms with van der Waals surface area (Å²) in [5, 5.41) is 9.52. The van der Waals surface area contributed by atoms with Gasteiger partial charge in [-0.15, -0.1) is 0 Å². The fourth-order valence-electron chi connectivity index (χ4n) is 5.08. The van der Waals surface area contributed by atoms with E-state index in [2.05, 4.69) is 0 Å². The standard InChI is InChI=1S/C29H27F5O3/c1-15(35)20-8-5-18(26(31)27(20)32)13-36-19-6-2-16(3-7-19)21-9-4-17(12-24(21)30)22-10-11-23(25-14-37-25)29(34)28(22)33/h4-5,8-12,15-16,19,25,35H,2-3,6-7,13-14H2,1H3. The minimum atomic E-state index is -1.11. The van der Waals surface area contributed by atoms with Crippen LogP contribution in [0.25, 0.3) is 11.1 Å². The van der Waals surface area contributed by atoms with Crippen molar-refractivity contribution in [2.45, 2.75) is 63.4 Å². The number of hydrogen-bond acceptors (Lipinski definition) is 3. The second-order valence-electron chi connectivity index (χ2n) is 9.79. The first-order chi connectivity index (χ1) is 17.7. The Labute approximate surface area is 211 Å². The molecule has 3 aromatic rings. The van der Waals surface area contributed by atoms with Gasteiger partial charge in [-0.1, -0.05) is 36.4 Å². The minimum Gasteiger partial charge on any atom is -0.389 e. The van der Waals surface area contributed by atoms with E-state index < -0.39 is 41.3 Å². The summed E-state index contributed by atoms with van der Waals surface area (Å²) in [5.74, 6) is -4.63. The molecule has 2 atom stereocenters. The molecule has 2 aliphatic rings. The Morgan fingerprint density at radius 1 is 0.865 bits per heavy atom. The smallest absolute Gasteiger partial charge is 0.167 e. The van der Waals surface area contributed by atoms with E-state index in [1.165, 1.54) is 37.3 Å². The first-order valence-electron chi connectivity index (χ1n) is 12.4. The Bertz CT molecular complexity index is 1300. The normalized spacial score (nSPS) is 22.2. The molecule has 3 aromatic carbocycles. The molecule has 1 saturated heterocycles. The van der Waals surface area contributed by atoms with Crippen molar-refractivity contribution in [3.8, 4) is 11.1 Å². The predicted octanol–water partition coefficient (Wildman–Crippen LogP) is 7.42. The van der Waals surface area contributed by atoms with Crippen molar-refractivity contribution in [1.82, 2.24) is 0 Å². The molecule has 1 saturated carbocycles. The van der Waals surface area contributed by atoms with Gasteiger partial charge in [0.15, 0.2) is 23.3 Å². The molecule has 1 aliphatic heterocycles. The van der Waals surface area contributed by atoms with E-state index in [4.69, 9.17) is 9.47 Å². The number of ether oxygens (including phenoxy) is 2. The quantitative estimate of drug-likeness (QED) is 0.262. The third-order valence-electron chi connectivity index (χ3n) is 7.33. The van der Waals surface area contributed by atoms with Crippen LogP contribution in [0.5, 0.6) is 0 Å². The van der Waals surface area contributed by atoms with Gasteiger partial charge in [0.05, 0.1) is 25.4 Å². The summed E-state index contributed by atoms with van der Waals surface area (Å²) in [6, 6.07) is 10.1. The highest BCUT2D eigenvalue weighted by atomic mass is 19.2. The maximum Gasteiger partial charge on any atom is 0.167 e. The molecule has 1 N–H and O–H groups in total. The Kier molecular flexibility index (Phi) is 7.34. The third kappa shape index (κ3) is 5.28. The van der Waals surface area contributed by atoms with Crippen molar-refractivity contribution in [2.24, 2.45) is 0 Å². The molecule has 2 fully saturated rings. The summed E-state index contributed by atoms with van der Waals surface area (Å²) in [6.45, 7) is 1.62. The summed E-state index contributed by atoms with van der Waals surface area (Å²) in [5.41, 5.74) is 0.901. The molecule has 0 aromatic heterocycles. The molecule has 37 heavy (non-hydrogen) atoms. The molecule has 196 valence electrons. The number of aliphatic hydroxyl groups excluding tert-OH is 1. The highest BCUT2D eigenvalue weighted by molar-refractivity contribution is 5.65. The van der Waals surface area contributed by atoms with Crippen LogP contribution in [0.4, 0.5) is 22.0 Å². The molecular formula is C29H27F5O3. The Morgan fingerprint density at radius 2 is 1.57 bits per heavy atom. The number of hydrogen-bond donors (Lipinski definition) is 1. The van der Waals surface area contributed by atoms with E-state index in [-0.39, 0.29) is 46.4 Å². The zero-order valence-corrected chi connectivity index (χ0v) is 20.2. The van der Waals surface area contributed by atoms with Crippen LogP contribution in [0.15, 0.2) is 42.5 Å². The van der Waals surface area contributed by atoms with Gasteiger partial charge in [0.2, 0.25) is 0 Å². The molecule has 0 amide bonds. The number of aliphatic hydroxyl groups is 1. The number of epoxide rings is 1. The highest BCUT2D eigenvalue weighted by Gasteiger charge is 2.31. The average molecular weight is 519 g/mol. The van der Waals surface area contributed by atoms with Gasteiger partial charge in [0, 0.05) is 22.3 Å². The van der Waals surface area contributed by atoms with Crippen molar-refractivity contribution >= 4 is 0 Å². The molecular weight excluding hydrogens is 491 g/mol. The average Bonchev–Trinajstić information content (AvgIpc) is 3.72. The lowest BCUT2D eigenvalue weighted by atomic mass is 9.82. The van der Waals surface area contributed by atoms with Gasteiger partial charge in [-0.25, -0.2) is 22.0 Å². The predicted molar refractivity (Wildman–Crippen MR) is 127 cm³/mol. The molecule has 5 rings (SSSR count). The van der Waals surface area contributed by atoms with Crippen molar-refractivity contribution < 1.29 is 36.5 Å². The third-order valence-corrected chi connectivity index (χ3v) is 7.33. The van der Waals surface area contributed by atoms with Crippen LogP contribution in [0.1, 0.15) is 73.0 Å². The molecule has 2 unspecified atom stereocenters. The van der Waals surface area contributed by atoms with Gasteiger partial charge in [-0.2, -0.15) is 0 Å². The van der Waals surface area contributed by atoms with E-state index in [9.17, 15) is 22.7 Å². The molecule has 0 spiro atoms. The topological polar surface area (TPSA) is 42.0 Å². The van der Waals surface area contributed by atoms with Crippen LogP contribution >= 0.6 is 0 Å². The fourth-order valence-corrected chi connectivity index (χ4v) is 5.08. The largest absolute Gasteiger partial charge is 0.389 e. The first-order valence-corrected chi connectivity index (χ1v) is 12.4. The summed E-state index contributed by atoms with van der Waals surface area (Å²) in [6.07, 6.45) is 0.798. The maximum atomic E-state index is 15.0. The van der Waals surface area contributed by atoms with Crippen molar-refractivity contribution in [2.75, 3.05) is 6.61 Å². The Morgan fingerprint density at radius 3 is 2.22 bits per heavy atom. The van der Waals surface area contributed by atoms with Crippen LogP contribution in [0, 0.1) is 29.1 Å². The lowest BCUT2D eigenvalue weighted by molar-refractivity contribution is 0.0116. The summed E-state index contributed by atoms with van der Waals surface area (Å²) >= 11 is 0. The van der Waals surface area contributed by atoms with E-state index >= 15 is 4.39 Å². The first kappa shape index (κ1) is 25.8. The van der Waals surface area contributed by atoms with Gasteiger partial charge in [-0.3, -0.25) is 0 Å². The summed E-state index contributed by atoms with van der Waals surface area (Å²) in [7, 11) is 0. The van der Waals surface area contributed by atoms with Crippen LogP contribution in [-0.2, 0) is 16.1 Å². The number of rotatable bonds is 7. The monoisotopic (exact) mass is 518 g/mol. The van der Waals surface area contributed by atoms with Gasteiger partial charge in [-0.05, 0) is 55.7 Å². The van der Waals surface area contributed by atoms with E-state index in [0.717, 1.165) is 0 Å².